The first kappa shape index (κ1) is 11.7. The molecule has 6 heteroatoms. The van der Waals surface area contributed by atoms with Gasteiger partial charge in [-0.3, -0.25) is 0 Å². The van der Waals surface area contributed by atoms with Crippen LogP contribution in [0.15, 0.2) is 0 Å². The van der Waals surface area contributed by atoms with Crippen molar-refractivity contribution in [3.63, 3.8) is 0 Å². The molecule has 6 nitrogen and oxygen atoms in total. The van der Waals surface area contributed by atoms with Crippen molar-refractivity contribution in [3.05, 3.63) is 5.56 Å². The number of rotatable bonds is 3. The second-order valence-electron chi connectivity index (χ2n) is 4.02. The predicted octanol–water partition coefficient (Wildman–Crippen LogP) is 0.584. The van der Waals surface area contributed by atoms with E-state index in [-0.39, 0.29) is 0 Å². The Morgan fingerprint density at radius 3 is 2.76 bits per heavy atom. The van der Waals surface area contributed by atoms with Gasteiger partial charge in [0.15, 0.2) is 5.82 Å². The van der Waals surface area contributed by atoms with Gasteiger partial charge in [0.25, 0.3) is 0 Å². The number of hydrogen-bond donors (Lipinski definition) is 1. The van der Waals surface area contributed by atoms with E-state index in [0.717, 1.165) is 26.1 Å². The summed E-state index contributed by atoms with van der Waals surface area (Å²) in [5.74, 6) is 1.16. The molecule has 1 aromatic rings. The van der Waals surface area contributed by atoms with Crippen LogP contribution in [0, 0.1) is 11.3 Å². The lowest BCUT2D eigenvalue weighted by molar-refractivity contribution is 0.122. The number of anilines is 2. The summed E-state index contributed by atoms with van der Waals surface area (Å²) in [6, 6.07) is 2.15. The van der Waals surface area contributed by atoms with Crippen LogP contribution in [0.3, 0.4) is 0 Å². The molecule has 0 aliphatic carbocycles. The zero-order valence-corrected chi connectivity index (χ0v) is 10.0. The molecule has 0 atom stereocenters. The number of aryl methyl sites for hydroxylation is 1. The molecule has 2 heterocycles. The lowest BCUT2D eigenvalue weighted by Gasteiger charge is -2.26. The van der Waals surface area contributed by atoms with E-state index in [9.17, 15) is 5.26 Å². The van der Waals surface area contributed by atoms with E-state index in [1.807, 2.05) is 0 Å². The standard InChI is InChI=1S/C11H17N5O/c1-2-3-16-10(13)9(8-12)11(14-16)15-4-6-17-7-5-15/h2-7,13H2,1H3. The van der Waals surface area contributed by atoms with Gasteiger partial charge in [0.05, 0.1) is 13.2 Å². The maximum atomic E-state index is 9.17. The van der Waals surface area contributed by atoms with Gasteiger partial charge in [0.2, 0.25) is 0 Å². The van der Waals surface area contributed by atoms with Crippen molar-refractivity contribution < 1.29 is 4.74 Å². The van der Waals surface area contributed by atoms with E-state index < -0.39 is 0 Å². The largest absolute Gasteiger partial charge is 0.383 e. The Bertz CT molecular complexity index is 428. The molecule has 1 saturated heterocycles. The number of nitrogen functional groups attached to an aromatic ring is 1. The SMILES string of the molecule is CCCn1nc(N2CCOCC2)c(C#N)c1N. The summed E-state index contributed by atoms with van der Waals surface area (Å²) >= 11 is 0. The van der Waals surface area contributed by atoms with Crippen LogP contribution in [-0.2, 0) is 11.3 Å². The van der Waals surface area contributed by atoms with Gasteiger partial charge >= 0.3 is 0 Å². The third-order valence-electron chi connectivity index (χ3n) is 2.83. The van der Waals surface area contributed by atoms with Gasteiger partial charge in [0, 0.05) is 19.6 Å². The highest BCUT2D eigenvalue weighted by molar-refractivity contribution is 5.65. The highest BCUT2D eigenvalue weighted by atomic mass is 16.5. The van der Waals surface area contributed by atoms with Crippen molar-refractivity contribution in [2.24, 2.45) is 0 Å². The monoisotopic (exact) mass is 235 g/mol. The molecule has 2 rings (SSSR count). The summed E-state index contributed by atoms with van der Waals surface area (Å²) in [6.45, 7) is 5.66. The highest BCUT2D eigenvalue weighted by Crippen LogP contribution is 2.25. The fourth-order valence-corrected chi connectivity index (χ4v) is 1.95. The van der Waals surface area contributed by atoms with Gasteiger partial charge in [0.1, 0.15) is 17.5 Å². The summed E-state index contributed by atoms with van der Waals surface area (Å²) < 4.78 is 7.00. The Balaban J connectivity index is 2.32. The number of morpholine rings is 1. The van der Waals surface area contributed by atoms with Crippen LogP contribution in [0.1, 0.15) is 18.9 Å². The summed E-state index contributed by atoms with van der Waals surface area (Å²) in [5, 5.41) is 13.6. The second-order valence-corrected chi connectivity index (χ2v) is 4.02. The minimum absolute atomic E-state index is 0.468. The maximum absolute atomic E-state index is 9.17. The van der Waals surface area contributed by atoms with Crippen molar-refractivity contribution in [3.8, 4) is 6.07 Å². The molecule has 1 fully saturated rings. The van der Waals surface area contributed by atoms with Gasteiger partial charge in [-0.25, -0.2) is 4.68 Å². The minimum Gasteiger partial charge on any atom is -0.383 e. The van der Waals surface area contributed by atoms with Crippen LogP contribution in [0.2, 0.25) is 0 Å². The number of nitrogens with zero attached hydrogens (tertiary/aromatic N) is 4. The minimum atomic E-state index is 0.468. The van der Waals surface area contributed by atoms with Gasteiger partial charge in [-0.05, 0) is 6.42 Å². The lowest BCUT2D eigenvalue weighted by Crippen LogP contribution is -2.37. The normalized spacial score (nSPS) is 15.9. The number of nitrogens with two attached hydrogens (primary N) is 1. The number of aromatic nitrogens is 2. The Morgan fingerprint density at radius 2 is 2.18 bits per heavy atom. The summed E-state index contributed by atoms with van der Waals surface area (Å²) in [4.78, 5) is 2.06. The molecule has 0 bridgehead atoms. The zero-order chi connectivity index (χ0) is 12.3. The molecule has 0 saturated carbocycles. The van der Waals surface area contributed by atoms with Gasteiger partial charge in [-0.1, -0.05) is 6.92 Å². The Labute approximate surface area is 101 Å². The van der Waals surface area contributed by atoms with E-state index >= 15 is 0 Å². The summed E-state index contributed by atoms with van der Waals surface area (Å²) in [5.41, 5.74) is 6.41. The lowest BCUT2D eigenvalue weighted by atomic mass is 10.3. The third kappa shape index (κ3) is 2.19. The van der Waals surface area contributed by atoms with Crippen molar-refractivity contribution in [2.45, 2.75) is 19.9 Å². The molecular formula is C11H17N5O. The first-order chi connectivity index (χ1) is 8.27. The van der Waals surface area contributed by atoms with Crippen LogP contribution in [-0.4, -0.2) is 36.1 Å². The molecule has 2 N–H and O–H groups in total. The Kier molecular flexibility index (Phi) is 3.49. The van der Waals surface area contributed by atoms with E-state index in [1.54, 1.807) is 4.68 Å². The predicted molar refractivity (Wildman–Crippen MR) is 64.7 cm³/mol. The van der Waals surface area contributed by atoms with Crippen LogP contribution < -0.4 is 10.6 Å². The van der Waals surface area contributed by atoms with E-state index in [1.165, 1.54) is 0 Å². The Hall–Kier alpha value is -1.74. The molecule has 0 unspecified atom stereocenters. The van der Waals surface area contributed by atoms with Crippen molar-refractivity contribution >= 4 is 11.6 Å². The molecule has 1 aliphatic rings. The van der Waals surface area contributed by atoms with Gasteiger partial charge in [-0.2, -0.15) is 10.4 Å². The van der Waals surface area contributed by atoms with Crippen LogP contribution in [0.4, 0.5) is 11.6 Å². The van der Waals surface area contributed by atoms with Gasteiger partial charge < -0.3 is 15.4 Å². The molecule has 17 heavy (non-hydrogen) atoms. The third-order valence-corrected chi connectivity index (χ3v) is 2.83. The van der Waals surface area contributed by atoms with Gasteiger partial charge in [-0.15, -0.1) is 0 Å². The number of hydrogen-bond acceptors (Lipinski definition) is 5. The smallest absolute Gasteiger partial charge is 0.171 e. The van der Waals surface area contributed by atoms with Crippen LogP contribution >= 0.6 is 0 Å². The fourth-order valence-electron chi connectivity index (χ4n) is 1.95. The van der Waals surface area contributed by atoms with Crippen molar-refractivity contribution in [1.29, 1.82) is 5.26 Å². The first-order valence-electron chi connectivity index (χ1n) is 5.87. The molecule has 0 radical (unpaired) electrons. The molecule has 1 aliphatic heterocycles. The van der Waals surface area contributed by atoms with Crippen molar-refractivity contribution in [2.75, 3.05) is 36.9 Å². The van der Waals surface area contributed by atoms with E-state index in [2.05, 4.69) is 23.0 Å². The second kappa shape index (κ2) is 5.06. The topological polar surface area (TPSA) is 80.1 Å². The zero-order valence-electron chi connectivity index (χ0n) is 10.0. The summed E-state index contributed by atoms with van der Waals surface area (Å²) in [6.07, 6.45) is 0.944. The van der Waals surface area contributed by atoms with E-state index in [4.69, 9.17) is 10.5 Å². The molecule has 92 valence electrons. The highest BCUT2D eigenvalue weighted by Gasteiger charge is 2.22. The number of ether oxygens (including phenoxy) is 1. The average Bonchev–Trinajstić information content (AvgIpc) is 2.68. The first-order valence-corrected chi connectivity index (χ1v) is 5.87. The fraction of sp³-hybridized carbons (Fsp3) is 0.636. The quantitative estimate of drug-likeness (QED) is 0.829. The molecule has 0 spiro atoms. The average molecular weight is 235 g/mol. The molecule has 0 aromatic carbocycles. The van der Waals surface area contributed by atoms with Crippen LogP contribution in [0.25, 0.3) is 0 Å². The molecule has 1 aromatic heterocycles. The molecular weight excluding hydrogens is 218 g/mol. The molecule has 0 amide bonds. The number of nitriles is 1. The van der Waals surface area contributed by atoms with Crippen LogP contribution in [0.5, 0.6) is 0 Å². The maximum Gasteiger partial charge on any atom is 0.171 e. The summed E-state index contributed by atoms with van der Waals surface area (Å²) in [7, 11) is 0. The Morgan fingerprint density at radius 1 is 1.47 bits per heavy atom. The van der Waals surface area contributed by atoms with E-state index in [0.29, 0.717) is 30.4 Å². The van der Waals surface area contributed by atoms with Crippen molar-refractivity contribution in [1.82, 2.24) is 9.78 Å².